The Hall–Kier alpha value is -3.38. The van der Waals surface area contributed by atoms with Gasteiger partial charge in [-0.3, -0.25) is 0 Å². The summed E-state index contributed by atoms with van der Waals surface area (Å²) in [6, 6.07) is 23.5. The lowest BCUT2D eigenvalue weighted by molar-refractivity contribution is 0.0734. The molecule has 0 aliphatic rings. The summed E-state index contributed by atoms with van der Waals surface area (Å²) in [7, 11) is 0. The van der Waals surface area contributed by atoms with Crippen molar-refractivity contribution in [3.63, 3.8) is 0 Å². The minimum atomic E-state index is -0.458. The molecule has 0 bridgehead atoms. The summed E-state index contributed by atoms with van der Waals surface area (Å²) in [5, 5.41) is 9.47. The first-order valence-corrected chi connectivity index (χ1v) is 11.1. The Morgan fingerprint density at radius 3 is 2.06 bits per heavy atom. The minimum Gasteiger partial charge on any atom is -0.422 e. The Morgan fingerprint density at radius 1 is 0.806 bits per heavy atom. The number of hydrogen-bond donors (Lipinski definition) is 0. The second-order valence-corrected chi connectivity index (χ2v) is 7.81. The fraction of sp³-hybridized carbons (Fsp3) is 0.286. The van der Waals surface area contributed by atoms with Gasteiger partial charge in [-0.2, -0.15) is 5.26 Å². The van der Waals surface area contributed by atoms with Crippen molar-refractivity contribution in [1.29, 1.82) is 5.26 Å². The van der Waals surface area contributed by atoms with Gasteiger partial charge in [-0.05, 0) is 65.8 Å². The van der Waals surface area contributed by atoms with Gasteiger partial charge in [0.25, 0.3) is 0 Å². The quantitative estimate of drug-likeness (QED) is 0.214. The smallest absolute Gasteiger partial charge is 0.343 e. The van der Waals surface area contributed by atoms with Crippen LogP contribution in [-0.2, 0) is 12.8 Å². The topological polar surface area (TPSA) is 50.1 Å². The van der Waals surface area contributed by atoms with Crippen LogP contribution in [0.2, 0.25) is 0 Å². The van der Waals surface area contributed by atoms with Gasteiger partial charge < -0.3 is 4.74 Å². The molecule has 0 heterocycles. The van der Waals surface area contributed by atoms with Crippen molar-refractivity contribution in [2.75, 3.05) is 0 Å². The maximum Gasteiger partial charge on any atom is 0.343 e. The highest BCUT2D eigenvalue weighted by molar-refractivity contribution is 5.92. The van der Waals surface area contributed by atoms with Crippen LogP contribution in [0, 0.1) is 11.3 Å². The molecule has 31 heavy (non-hydrogen) atoms. The van der Waals surface area contributed by atoms with Crippen LogP contribution in [-0.4, -0.2) is 5.97 Å². The molecular formula is C28H29NO2. The van der Waals surface area contributed by atoms with E-state index in [1.165, 1.54) is 5.56 Å². The first-order chi connectivity index (χ1) is 15.1. The second kappa shape index (κ2) is 11.1. The van der Waals surface area contributed by atoms with Crippen LogP contribution in [0.1, 0.15) is 66.6 Å². The van der Waals surface area contributed by atoms with Crippen molar-refractivity contribution >= 4 is 5.97 Å². The predicted molar refractivity (Wildman–Crippen MR) is 125 cm³/mol. The van der Waals surface area contributed by atoms with Crippen LogP contribution >= 0.6 is 0 Å². The van der Waals surface area contributed by atoms with Crippen LogP contribution in [0.4, 0.5) is 0 Å². The molecule has 0 aliphatic heterocycles. The summed E-state index contributed by atoms with van der Waals surface area (Å²) in [6.45, 7) is 4.34. The maximum atomic E-state index is 12.6. The Labute approximate surface area is 185 Å². The highest BCUT2D eigenvalue weighted by Crippen LogP contribution is 2.24. The maximum absolute atomic E-state index is 12.6. The van der Waals surface area contributed by atoms with E-state index in [-0.39, 0.29) is 0 Å². The fourth-order valence-corrected chi connectivity index (χ4v) is 3.60. The summed E-state index contributed by atoms with van der Waals surface area (Å²) in [5.74, 6) is -0.151. The van der Waals surface area contributed by atoms with E-state index in [0.29, 0.717) is 16.9 Å². The summed E-state index contributed by atoms with van der Waals surface area (Å²) >= 11 is 0. The zero-order chi connectivity index (χ0) is 22.1. The van der Waals surface area contributed by atoms with Crippen LogP contribution < -0.4 is 4.74 Å². The monoisotopic (exact) mass is 411 g/mol. The van der Waals surface area contributed by atoms with Crippen LogP contribution in [0.3, 0.4) is 0 Å². The first kappa shape index (κ1) is 22.3. The molecule has 0 saturated carbocycles. The number of rotatable bonds is 9. The minimum absolute atomic E-state index is 0.308. The average Bonchev–Trinajstić information content (AvgIpc) is 2.81. The lowest BCUT2D eigenvalue weighted by Gasteiger charge is -2.09. The molecule has 3 nitrogen and oxygen atoms in total. The van der Waals surface area contributed by atoms with E-state index in [1.54, 1.807) is 18.2 Å². The summed E-state index contributed by atoms with van der Waals surface area (Å²) in [5.41, 5.74) is 5.45. The SMILES string of the molecule is CCCCCc1ccc(OC(=O)c2ccc(-c3ccc(CCC)cc3)cc2)c(C#N)c1. The number of nitriles is 1. The number of ether oxygens (including phenoxy) is 1. The molecule has 0 amide bonds. The Kier molecular flexibility index (Phi) is 8.01. The van der Waals surface area contributed by atoms with Crippen LogP contribution in [0.15, 0.2) is 66.7 Å². The van der Waals surface area contributed by atoms with E-state index in [4.69, 9.17) is 4.74 Å². The van der Waals surface area contributed by atoms with E-state index in [0.717, 1.165) is 55.2 Å². The van der Waals surface area contributed by atoms with E-state index >= 15 is 0 Å². The Bertz CT molecular complexity index is 1040. The molecule has 0 aliphatic carbocycles. The standard InChI is InChI=1S/C28H29NO2/c1-3-5-6-8-22-11-18-27(26(19-22)20-29)31-28(30)25-16-14-24(15-17-25)23-12-9-21(7-4-2)10-13-23/h9-19H,3-8H2,1-2H3. The fourth-order valence-electron chi connectivity index (χ4n) is 3.60. The lowest BCUT2D eigenvalue weighted by Crippen LogP contribution is -2.09. The zero-order valence-electron chi connectivity index (χ0n) is 18.4. The number of aryl methyl sites for hydroxylation is 2. The average molecular weight is 412 g/mol. The lowest BCUT2D eigenvalue weighted by atomic mass is 10.0. The van der Waals surface area contributed by atoms with Gasteiger partial charge in [0.05, 0.1) is 11.1 Å². The molecule has 0 spiro atoms. The molecule has 0 saturated heterocycles. The van der Waals surface area contributed by atoms with Crippen molar-refractivity contribution in [2.45, 2.75) is 52.4 Å². The molecule has 3 rings (SSSR count). The Balaban J connectivity index is 1.68. The van der Waals surface area contributed by atoms with Gasteiger partial charge in [-0.15, -0.1) is 0 Å². The highest BCUT2D eigenvalue weighted by atomic mass is 16.5. The number of benzene rings is 3. The third-order valence-corrected chi connectivity index (χ3v) is 5.38. The van der Waals surface area contributed by atoms with Gasteiger partial charge in [0.1, 0.15) is 11.8 Å². The summed E-state index contributed by atoms with van der Waals surface area (Å²) in [4.78, 5) is 12.6. The molecule has 3 aromatic rings. The van der Waals surface area contributed by atoms with Gasteiger partial charge in [0.15, 0.2) is 0 Å². The third kappa shape index (κ3) is 6.06. The summed E-state index contributed by atoms with van der Waals surface area (Å²) < 4.78 is 5.53. The number of carbonyl (C=O) groups excluding carboxylic acids is 1. The summed E-state index contributed by atoms with van der Waals surface area (Å²) in [6.07, 6.45) is 6.55. The number of hydrogen-bond acceptors (Lipinski definition) is 3. The van der Waals surface area contributed by atoms with Gasteiger partial charge in [0, 0.05) is 0 Å². The second-order valence-electron chi connectivity index (χ2n) is 7.81. The number of unbranched alkanes of at least 4 members (excludes halogenated alkanes) is 2. The van der Waals surface area contributed by atoms with E-state index in [9.17, 15) is 10.1 Å². The first-order valence-electron chi connectivity index (χ1n) is 11.1. The molecule has 3 aromatic carbocycles. The van der Waals surface area contributed by atoms with Gasteiger partial charge in [-0.1, -0.05) is 75.6 Å². The highest BCUT2D eigenvalue weighted by Gasteiger charge is 2.13. The van der Waals surface area contributed by atoms with E-state index < -0.39 is 5.97 Å². The van der Waals surface area contributed by atoms with Crippen molar-refractivity contribution < 1.29 is 9.53 Å². The zero-order valence-corrected chi connectivity index (χ0v) is 18.4. The van der Waals surface area contributed by atoms with Crippen molar-refractivity contribution in [2.24, 2.45) is 0 Å². The van der Waals surface area contributed by atoms with Crippen molar-refractivity contribution in [3.8, 4) is 22.9 Å². The van der Waals surface area contributed by atoms with Crippen molar-refractivity contribution in [1.82, 2.24) is 0 Å². The largest absolute Gasteiger partial charge is 0.422 e. The molecule has 3 heteroatoms. The number of nitrogens with zero attached hydrogens (tertiary/aromatic N) is 1. The van der Waals surface area contributed by atoms with Crippen molar-refractivity contribution in [3.05, 3.63) is 89.0 Å². The molecule has 0 unspecified atom stereocenters. The van der Waals surface area contributed by atoms with E-state index in [1.807, 2.05) is 24.3 Å². The molecule has 0 atom stereocenters. The molecule has 0 N–H and O–H groups in total. The molecule has 0 fully saturated rings. The number of esters is 1. The van der Waals surface area contributed by atoms with Crippen LogP contribution in [0.5, 0.6) is 5.75 Å². The molecule has 0 radical (unpaired) electrons. The Morgan fingerprint density at radius 2 is 1.45 bits per heavy atom. The normalized spacial score (nSPS) is 10.5. The van der Waals surface area contributed by atoms with Gasteiger partial charge in [-0.25, -0.2) is 4.79 Å². The molecular weight excluding hydrogens is 382 g/mol. The molecule has 158 valence electrons. The van der Waals surface area contributed by atoms with Gasteiger partial charge in [0.2, 0.25) is 0 Å². The predicted octanol–water partition coefficient (Wildman–Crippen LogP) is 7.13. The van der Waals surface area contributed by atoms with Gasteiger partial charge >= 0.3 is 5.97 Å². The van der Waals surface area contributed by atoms with E-state index in [2.05, 4.69) is 44.2 Å². The molecule has 0 aromatic heterocycles. The van der Waals surface area contributed by atoms with Crippen LogP contribution in [0.25, 0.3) is 11.1 Å². The number of carbonyl (C=O) groups is 1. The third-order valence-electron chi connectivity index (χ3n) is 5.38.